The van der Waals surface area contributed by atoms with Crippen LogP contribution in [-0.4, -0.2) is 41.1 Å². The minimum absolute atomic E-state index is 0.0112. The Morgan fingerprint density at radius 2 is 2.07 bits per heavy atom. The summed E-state index contributed by atoms with van der Waals surface area (Å²) in [6.07, 6.45) is 5.14. The fraction of sp³-hybridized carbons (Fsp3) is 0.909. The molecule has 2 atom stereocenters. The molecule has 0 bridgehead atoms. The summed E-state index contributed by atoms with van der Waals surface area (Å²) in [7, 11) is 0. The van der Waals surface area contributed by atoms with Gasteiger partial charge in [-0.25, -0.2) is 0 Å². The highest BCUT2D eigenvalue weighted by molar-refractivity contribution is 5.80. The van der Waals surface area contributed by atoms with Crippen molar-refractivity contribution in [3.05, 3.63) is 0 Å². The Labute approximate surface area is 90.4 Å². The molecule has 4 nitrogen and oxygen atoms in total. The highest BCUT2D eigenvalue weighted by Gasteiger charge is 2.38. The maximum absolute atomic E-state index is 12.2. The first-order chi connectivity index (χ1) is 7.24. The summed E-state index contributed by atoms with van der Waals surface area (Å²) in [5, 5.41) is 8.95. The molecule has 1 amide bonds. The summed E-state index contributed by atoms with van der Waals surface area (Å²) in [5.41, 5.74) is 5.92. The van der Waals surface area contributed by atoms with Crippen molar-refractivity contribution in [2.24, 2.45) is 11.7 Å². The molecule has 86 valence electrons. The van der Waals surface area contributed by atoms with E-state index >= 15 is 0 Å². The van der Waals surface area contributed by atoms with Gasteiger partial charge in [0, 0.05) is 18.6 Å². The highest BCUT2D eigenvalue weighted by atomic mass is 16.3. The molecule has 3 N–H and O–H groups in total. The molecule has 0 aromatic carbocycles. The monoisotopic (exact) mass is 212 g/mol. The van der Waals surface area contributed by atoms with E-state index in [0.717, 1.165) is 32.1 Å². The Bertz CT molecular complexity index is 241. The molecule has 2 rings (SSSR count). The zero-order valence-corrected chi connectivity index (χ0v) is 9.06. The maximum atomic E-state index is 12.2. The number of rotatable bonds is 4. The fourth-order valence-corrected chi connectivity index (χ4v) is 2.47. The average Bonchev–Trinajstić information content (AvgIpc) is 2.97. The van der Waals surface area contributed by atoms with E-state index in [1.807, 2.05) is 4.90 Å². The van der Waals surface area contributed by atoms with E-state index in [4.69, 9.17) is 10.8 Å². The number of nitrogens with two attached hydrogens (primary N) is 1. The van der Waals surface area contributed by atoms with Gasteiger partial charge in [0.1, 0.15) is 0 Å². The number of carbonyl (C=O) groups excluding carboxylic acids is 1. The third-order valence-corrected chi connectivity index (χ3v) is 3.50. The minimum Gasteiger partial charge on any atom is -0.395 e. The van der Waals surface area contributed by atoms with Crippen molar-refractivity contribution in [1.82, 2.24) is 4.90 Å². The van der Waals surface area contributed by atoms with Crippen LogP contribution in [0.3, 0.4) is 0 Å². The molecule has 4 heteroatoms. The van der Waals surface area contributed by atoms with Crippen molar-refractivity contribution in [3.63, 3.8) is 0 Å². The average molecular weight is 212 g/mol. The first-order valence-corrected chi connectivity index (χ1v) is 5.91. The van der Waals surface area contributed by atoms with Crippen LogP contribution in [0, 0.1) is 5.92 Å². The molecule has 0 radical (unpaired) electrons. The summed E-state index contributed by atoms with van der Waals surface area (Å²) in [4.78, 5) is 14.0. The van der Waals surface area contributed by atoms with Gasteiger partial charge in [-0.3, -0.25) is 4.79 Å². The summed E-state index contributed by atoms with van der Waals surface area (Å²) in [6, 6.07) is 0.426. The van der Waals surface area contributed by atoms with Crippen molar-refractivity contribution in [2.75, 3.05) is 13.2 Å². The molecule has 2 unspecified atom stereocenters. The van der Waals surface area contributed by atoms with Crippen LogP contribution >= 0.6 is 0 Å². The normalized spacial score (nSPS) is 30.5. The lowest BCUT2D eigenvalue weighted by Crippen LogP contribution is -2.44. The topological polar surface area (TPSA) is 66.6 Å². The maximum Gasteiger partial charge on any atom is 0.227 e. The molecule has 2 aliphatic carbocycles. The Morgan fingerprint density at radius 1 is 1.33 bits per heavy atom. The molecule has 0 aromatic rings. The van der Waals surface area contributed by atoms with E-state index in [1.54, 1.807) is 0 Å². The largest absolute Gasteiger partial charge is 0.395 e. The van der Waals surface area contributed by atoms with Gasteiger partial charge in [0.05, 0.1) is 12.5 Å². The van der Waals surface area contributed by atoms with E-state index in [9.17, 15) is 4.79 Å². The predicted molar refractivity (Wildman–Crippen MR) is 57.1 cm³/mol. The van der Waals surface area contributed by atoms with Gasteiger partial charge in [-0.1, -0.05) is 6.42 Å². The van der Waals surface area contributed by atoms with Crippen molar-refractivity contribution in [3.8, 4) is 0 Å². The summed E-state index contributed by atoms with van der Waals surface area (Å²) >= 11 is 0. The number of hydrogen-bond acceptors (Lipinski definition) is 3. The van der Waals surface area contributed by atoms with E-state index in [2.05, 4.69) is 0 Å². The van der Waals surface area contributed by atoms with Crippen molar-refractivity contribution >= 4 is 5.91 Å². The molecule has 15 heavy (non-hydrogen) atoms. The van der Waals surface area contributed by atoms with E-state index in [0.29, 0.717) is 12.6 Å². The SMILES string of the molecule is NC1CCCC1C(=O)N(CCO)C1CC1. The molecule has 2 aliphatic rings. The lowest BCUT2D eigenvalue weighted by atomic mass is 10.0. The van der Waals surface area contributed by atoms with Crippen LogP contribution < -0.4 is 5.73 Å². The van der Waals surface area contributed by atoms with Gasteiger partial charge in [0.15, 0.2) is 0 Å². The number of amides is 1. The first-order valence-electron chi connectivity index (χ1n) is 5.91. The third-order valence-electron chi connectivity index (χ3n) is 3.50. The Kier molecular flexibility index (Phi) is 3.26. The van der Waals surface area contributed by atoms with Crippen LogP contribution in [0.4, 0.5) is 0 Å². The molecule has 0 aliphatic heterocycles. The highest BCUT2D eigenvalue weighted by Crippen LogP contribution is 2.32. The minimum atomic E-state index is 0.0112. The molecule has 0 saturated heterocycles. The first kappa shape index (κ1) is 10.9. The van der Waals surface area contributed by atoms with Gasteiger partial charge in [-0.15, -0.1) is 0 Å². The molecule has 2 saturated carbocycles. The van der Waals surface area contributed by atoms with Crippen molar-refractivity contribution in [2.45, 2.75) is 44.2 Å². The van der Waals surface area contributed by atoms with Crippen LogP contribution in [0.5, 0.6) is 0 Å². The van der Waals surface area contributed by atoms with Gasteiger partial charge >= 0.3 is 0 Å². The molecule has 2 fully saturated rings. The zero-order chi connectivity index (χ0) is 10.8. The molecular weight excluding hydrogens is 192 g/mol. The van der Waals surface area contributed by atoms with Gasteiger partial charge < -0.3 is 15.7 Å². The lowest BCUT2D eigenvalue weighted by molar-refractivity contribution is -0.136. The van der Waals surface area contributed by atoms with E-state index in [1.165, 1.54) is 0 Å². The second-order valence-corrected chi connectivity index (χ2v) is 4.69. The summed E-state index contributed by atoms with van der Waals surface area (Å²) < 4.78 is 0. The number of aliphatic hydroxyl groups is 1. The van der Waals surface area contributed by atoms with Gasteiger partial charge in [-0.05, 0) is 25.7 Å². The van der Waals surface area contributed by atoms with Crippen LogP contribution in [0.2, 0.25) is 0 Å². The molecular formula is C11H20N2O2. The standard InChI is InChI=1S/C11H20N2O2/c12-10-3-1-2-9(10)11(15)13(6-7-14)8-4-5-8/h8-10,14H,1-7,12H2. The van der Waals surface area contributed by atoms with Gasteiger partial charge in [-0.2, -0.15) is 0 Å². The van der Waals surface area contributed by atoms with E-state index in [-0.39, 0.29) is 24.5 Å². The smallest absolute Gasteiger partial charge is 0.227 e. The molecule has 0 aromatic heterocycles. The number of nitrogens with zero attached hydrogens (tertiary/aromatic N) is 1. The summed E-state index contributed by atoms with van der Waals surface area (Å²) in [6.45, 7) is 0.539. The quantitative estimate of drug-likeness (QED) is 0.694. The fourth-order valence-electron chi connectivity index (χ4n) is 2.47. The molecule has 0 heterocycles. The Morgan fingerprint density at radius 3 is 2.53 bits per heavy atom. The van der Waals surface area contributed by atoms with E-state index < -0.39 is 0 Å². The van der Waals surface area contributed by atoms with Crippen LogP contribution in [0.25, 0.3) is 0 Å². The second kappa shape index (κ2) is 4.49. The van der Waals surface area contributed by atoms with Crippen LogP contribution in [0.15, 0.2) is 0 Å². The zero-order valence-electron chi connectivity index (χ0n) is 9.06. The van der Waals surface area contributed by atoms with Gasteiger partial charge in [0.25, 0.3) is 0 Å². The predicted octanol–water partition coefficient (Wildman–Crippen LogP) is 0.0971. The van der Waals surface area contributed by atoms with Crippen LogP contribution in [0.1, 0.15) is 32.1 Å². The van der Waals surface area contributed by atoms with Crippen molar-refractivity contribution < 1.29 is 9.90 Å². The number of carbonyl (C=O) groups is 1. The van der Waals surface area contributed by atoms with Gasteiger partial charge in [0.2, 0.25) is 5.91 Å². The lowest BCUT2D eigenvalue weighted by Gasteiger charge is -2.26. The van der Waals surface area contributed by atoms with Crippen LogP contribution in [-0.2, 0) is 4.79 Å². The second-order valence-electron chi connectivity index (χ2n) is 4.69. The Balaban J connectivity index is 1.96. The van der Waals surface area contributed by atoms with Crippen molar-refractivity contribution in [1.29, 1.82) is 0 Å². The molecule has 0 spiro atoms. The Hall–Kier alpha value is -0.610. The summed E-state index contributed by atoms with van der Waals surface area (Å²) in [5.74, 6) is 0.189. The number of hydrogen-bond donors (Lipinski definition) is 2. The third kappa shape index (κ3) is 2.32. The number of aliphatic hydroxyl groups excluding tert-OH is 1.